The second-order valence-corrected chi connectivity index (χ2v) is 3.52. The topological polar surface area (TPSA) is 61.0 Å². The lowest BCUT2D eigenvalue weighted by Gasteiger charge is -2.02. The molecule has 0 saturated carbocycles. The Morgan fingerprint density at radius 3 is 3.00 bits per heavy atom. The smallest absolute Gasteiger partial charge is 0.222 e. The summed E-state index contributed by atoms with van der Waals surface area (Å²) in [5, 5.41) is 2.43. The number of thiazole rings is 1. The van der Waals surface area contributed by atoms with Crippen molar-refractivity contribution in [2.45, 2.75) is 0 Å². The van der Waals surface area contributed by atoms with Crippen molar-refractivity contribution in [2.75, 3.05) is 12.8 Å². The van der Waals surface area contributed by atoms with Gasteiger partial charge in [-0.15, -0.1) is 11.3 Å². The summed E-state index contributed by atoms with van der Waals surface area (Å²) < 4.78 is 5.12. The summed E-state index contributed by atoms with van der Waals surface area (Å²) in [4.78, 5) is 8.25. The lowest BCUT2D eigenvalue weighted by Crippen LogP contribution is -1.91. The molecule has 4 nitrogen and oxygen atoms in total. The number of hydrogen-bond donors (Lipinski definition) is 1. The third-order valence-corrected chi connectivity index (χ3v) is 2.44. The predicted molar refractivity (Wildman–Crippen MR) is 56.3 cm³/mol. The predicted octanol–water partition coefficient (Wildman–Crippen LogP) is 1.80. The number of nitrogens with two attached hydrogens (primary N) is 1. The molecule has 72 valence electrons. The van der Waals surface area contributed by atoms with Crippen molar-refractivity contribution in [1.29, 1.82) is 0 Å². The monoisotopic (exact) mass is 207 g/mol. The van der Waals surface area contributed by atoms with Gasteiger partial charge < -0.3 is 10.5 Å². The number of methoxy groups -OCH3 is 1. The molecule has 0 spiro atoms. The second-order valence-electron chi connectivity index (χ2n) is 2.63. The molecule has 0 aromatic carbocycles. The molecule has 0 saturated heterocycles. The number of aromatic nitrogens is 2. The average molecular weight is 207 g/mol. The number of nitrogen functional groups attached to an aromatic ring is 1. The van der Waals surface area contributed by atoms with Gasteiger partial charge in [0, 0.05) is 11.6 Å². The summed E-state index contributed by atoms with van der Waals surface area (Å²) in [6, 6.07) is 3.74. The van der Waals surface area contributed by atoms with Crippen LogP contribution in [0.4, 0.5) is 5.13 Å². The molecule has 2 aromatic rings. The Hall–Kier alpha value is -1.62. The molecule has 0 amide bonds. The van der Waals surface area contributed by atoms with E-state index in [1.807, 2.05) is 17.5 Å². The van der Waals surface area contributed by atoms with Crippen LogP contribution in [0.5, 0.6) is 5.88 Å². The maximum absolute atomic E-state index is 5.55. The summed E-state index contributed by atoms with van der Waals surface area (Å²) in [6.45, 7) is 0. The maximum atomic E-state index is 5.55. The van der Waals surface area contributed by atoms with Crippen molar-refractivity contribution in [3.05, 3.63) is 23.7 Å². The first-order chi connectivity index (χ1) is 6.81. The Kier molecular flexibility index (Phi) is 2.32. The Morgan fingerprint density at radius 2 is 2.36 bits per heavy atom. The number of hydrogen-bond acceptors (Lipinski definition) is 5. The summed E-state index contributed by atoms with van der Waals surface area (Å²) >= 11 is 1.40. The number of anilines is 1. The molecule has 0 fully saturated rings. The van der Waals surface area contributed by atoms with Crippen molar-refractivity contribution >= 4 is 16.5 Å². The Labute approximate surface area is 85.4 Å². The van der Waals surface area contributed by atoms with Gasteiger partial charge in [0.25, 0.3) is 0 Å². The first kappa shape index (κ1) is 8.96. The van der Waals surface area contributed by atoms with E-state index in [1.165, 1.54) is 11.3 Å². The number of rotatable bonds is 2. The van der Waals surface area contributed by atoms with Crippen LogP contribution in [0.2, 0.25) is 0 Å². The highest BCUT2D eigenvalue weighted by molar-refractivity contribution is 7.13. The van der Waals surface area contributed by atoms with Crippen LogP contribution >= 0.6 is 11.3 Å². The molecule has 2 N–H and O–H groups in total. The zero-order chi connectivity index (χ0) is 9.97. The Balaban J connectivity index is 2.50. The van der Waals surface area contributed by atoms with Gasteiger partial charge in [-0.1, -0.05) is 0 Å². The van der Waals surface area contributed by atoms with E-state index in [-0.39, 0.29) is 0 Å². The molecule has 2 heterocycles. The number of pyridine rings is 1. The molecule has 0 radical (unpaired) electrons. The van der Waals surface area contributed by atoms with Crippen molar-refractivity contribution in [3.63, 3.8) is 0 Å². The summed E-state index contributed by atoms with van der Waals surface area (Å²) in [7, 11) is 1.58. The van der Waals surface area contributed by atoms with Gasteiger partial charge in [-0.2, -0.15) is 0 Å². The number of nitrogens with zero attached hydrogens (tertiary/aromatic N) is 2. The van der Waals surface area contributed by atoms with Crippen LogP contribution in [-0.2, 0) is 0 Å². The minimum Gasteiger partial charge on any atom is -0.481 e. The third-order valence-electron chi connectivity index (χ3n) is 1.76. The zero-order valence-electron chi connectivity index (χ0n) is 7.60. The molecule has 2 rings (SSSR count). The van der Waals surface area contributed by atoms with Gasteiger partial charge in [-0.25, -0.2) is 9.97 Å². The van der Waals surface area contributed by atoms with E-state index in [9.17, 15) is 0 Å². The van der Waals surface area contributed by atoms with Crippen molar-refractivity contribution < 1.29 is 4.74 Å². The zero-order valence-corrected chi connectivity index (χ0v) is 8.41. The van der Waals surface area contributed by atoms with Gasteiger partial charge in [0.1, 0.15) is 0 Å². The van der Waals surface area contributed by atoms with Gasteiger partial charge in [-0.05, 0) is 12.1 Å². The van der Waals surface area contributed by atoms with Gasteiger partial charge >= 0.3 is 0 Å². The van der Waals surface area contributed by atoms with E-state index in [0.717, 1.165) is 11.3 Å². The highest BCUT2D eigenvalue weighted by Gasteiger charge is 2.08. The van der Waals surface area contributed by atoms with Crippen LogP contribution in [-0.4, -0.2) is 17.1 Å². The van der Waals surface area contributed by atoms with Crippen molar-refractivity contribution in [3.8, 4) is 17.1 Å². The largest absolute Gasteiger partial charge is 0.481 e. The lowest BCUT2D eigenvalue weighted by atomic mass is 10.2. The number of ether oxygens (including phenoxy) is 1. The average Bonchev–Trinajstić information content (AvgIpc) is 2.65. The lowest BCUT2D eigenvalue weighted by molar-refractivity contribution is 0.399. The Bertz CT molecular complexity index is 441. The second kappa shape index (κ2) is 3.63. The van der Waals surface area contributed by atoms with Crippen LogP contribution in [0.15, 0.2) is 23.7 Å². The minimum absolute atomic E-state index is 0.547. The van der Waals surface area contributed by atoms with Crippen LogP contribution in [0.1, 0.15) is 0 Å². The van der Waals surface area contributed by atoms with E-state index in [2.05, 4.69) is 9.97 Å². The van der Waals surface area contributed by atoms with E-state index in [4.69, 9.17) is 10.5 Å². The first-order valence-corrected chi connectivity index (χ1v) is 4.89. The molecule has 0 aliphatic rings. The SMILES string of the molecule is COc1ncccc1-c1csc(N)n1. The quantitative estimate of drug-likeness (QED) is 0.815. The molecule has 0 aliphatic heterocycles. The van der Waals surface area contributed by atoms with E-state index >= 15 is 0 Å². The molecular formula is C9H9N3OS. The van der Waals surface area contributed by atoms with Gasteiger partial charge in [-0.3, -0.25) is 0 Å². The first-order valence-electron chi connectivity index (χ1n) is 4.01. The fraction of sp³-hybridized carbons (Fsp3) is 0.111. The molecule has 0 unspecified atom stereocenters. The molecule has 0 atom stereocenters. The maximum Gasteiger partial charge on any atom is 0.222 e. The normalized spacial score (nSPS) is 10.1. The van der Waals surface area contributed by atoms with Gasteiger partial charge in [0.05, 0.1) is 18.4 Å². The molecule has 5 heteroatoms. The molecule has 2 aromatic heterocycles. The van der Waals surface area contributed by atoms with Crippen LogP contribution in [0.25, 0.3) is 11.3 Å². The van der Waals surface area contributed by atoms with E-state index in [0.29, 0.717) is 11.0 Å². The van der Waals surface area contributed by atoms with Crippen molar-refractivity contribution in [2.24, 2.45) is 0 Å². The van der Waals surface area contributed by atoms with Crippen molar-refractivity contribution in [1.82, 2.24) is 9.97 Å². The Morgan fingerprint density at radius 1 is 1.50 bits per heavy atom. The summed E-state index contributed by atoms with van der Waals surface area (Å²) in [5.41, 5.74) is 7.22. The highest BCUT2D eigenvalue weighted by Crippen LogP contribution is 2.28. The molecule has 14 heavy (non-hydrogen) atoms. The van der Waals surface area contributed by atoms with Gasteiger partial charge in [0.2, 0.25) is 5.88 Å². The fourth-order valence-electron chi connectivity index (χ4n) is 1.16. The highest BCUT2D eigenvalue weighted by atomic mass is 32.1. The van der Waals surface area contributed by atoms with E-state index < -0.39 is 0 Å². The van der Waals surface area contributed by atoms with Crippen LogP contribution in [0.3, 0.4) is 0 Å². The molecule has 0 bridgehead atoms. The fourth-order valence-corrected chi connectivity index (χ4v) is 1.72. The van der Waals surface area contributed by atoms with E-state index in [1.54, 1.807) is 13.3 Å². The van der Waals surface area contributed by atoms with Gasteiger partial charge in [0.15, 0.2) is 5.13 Å². The standard InChI is InChI=1S/C9H9N3OS/c1-13-8-6(3-2-4-11-8)7-5-14-9(10)12-7/h2-5H,1H3,(H2,10,12). The minimum atomic E-state index is 0.547. The summed E-state index contributed by atoms with van der Waals surface area (Å²) in [5.74, 6) is 0.567. The molecular weight excluding hydrogens is 198 g/mol. The third kappa shape index (κ3) is 1.54. The van der Waals surface area contributed by atoms with Crippen LogP contribution in [0, 0.1) is 0 Å². The van der Waals surface area contributed by atoms with Crippen LogP contribution < -0.4 is 10.5 Å². The molecule has 0 aliphatic carbocycles. The summed E-state index contributed by atoms with van der Waals surface area (Å²) in [6.07, 6.45) is 1.68.